The van der Waals surface area contributed by atoms with Crippen molar-refractivity contribution in [1.82, 2.24) is 14.9 Å². The topological polar surface area (TPSA) is 42.7 Å². The molecule has 0 unspecified atom stereocenters. The molecule has 1 aromatic carbocycles. The molecule has 0 spiro atoms. The molecule has 0 aliphatic carbocycles. The highest BCUT2D eigenvalue weighted by molar-refractivity contribution is 8.02. The van der Waals surface area contributed by atoms with Crippen molar-refractivity contribution in [2.24, 2.45) is 0 Å². The van der Waals surface area contributed by atoms with Crippen LogP contribution in [0.5, 0.6) is 0 Å². The Kier molecular flexibility index (Phi) is 4.83. The van der Waals surface area contributed by atoms with E-state index in [0.717, 1.165) is 42.4 Å². The van der Waals surface area contributed by atoms with E-state index in [1.807, 2.05) is 4.68 Å². The predicted molar refractivity (Wildman–Crippen MR) is 92.3 cm³/mol. The average molecular weight is 314 g/mol. The van der Waals surface area contributed by atoms with Crippen LogP contribution in [0.2, 0.25) is 0 Å². The van der Waals surface area contributed by atoms with Gasteiger partial charge in [-0.05, 0) is 24.0 Å². The lowest BCUT2D eigenvalue weighted by Crippen LogP contribution is -2.19. The summed E-state index contributed by atoms with van der Waals surface area (Å²) in [6, 6.07) is 8.80. The maximum atomic E-state index is 4.30. The number of aromatic nitrogens is 3. The summed E-state index contributed by atoms with van der Waals surface area (Å²) in [5, 5.41) is 11.6. The Morgan fingerprint density at radius 2 is 1.86 bits per heavy atom. The molecule has 2 aromatic rings. The normalized spacial score (nSPS) is 13.5. The Hall–Kier alpha value is -1.75. The fourth-order valence-electron chi connectivity index (χ4n) is 2.52. The third-order valence-corrected chi connectivity index (χ3v) is 4.60. The van der Waals surface area contributed by atoms with Crippen molar-refractivity contribution >= 4 is 17.5 Å². The molecule has 0 atom stereocenters. The van der Waals surface area contributed by atoms with Crippen LogP contribution < -0.4 is 5.43 Å². The summed E-state index contributed by atoms with van der Waals surface area (Å²) >= 11 is 1.63. The molecular weight excluding hydrogens is 292 g/mol. The van der Waals surface area contributed by atoms with Gasteiger partial charge in [0, 0.05) is 11.8 Å². The molecule has 1 N–H and O–H groups in total. The van der Waals surface area contributed by atoms with E-state index in [1.54, 1.807) is 11.8 Å². The molecule has 2 heterocycles. The third kappa shape index (κ3) is 3.19. The fourth-order valence-corrected chi connectivity index (χ4v) is 3.27. The number of thioether (sulfide) groups is 1. The lowest BCUT2D eigenvalue weighted by molar-refractivity contribution is 0.703. The van der Waals surface area contributed by atoms with Gasteiger partial charge >= 0.3 is 0 Å². The van der Waals surface area contributed by atoms with Gasteiger partial charge in [-0.2, -0.15) is 0 Å². The summed E-state index contributed by atoms with van der Waals surface area (Å²) in [5.74, 6) is 1.01. The van der Waals surface area contributed by atoms with E-state index in [-0.39, 0.29) is 0 Å². The second kappa shape index (κ2) is 7.01. The van der Waals surface area contributed by atoms with Gasteiger partial charge in [0.2, 0.25) is 5.16 Å². The van der Waals surface area contributed by atoms with E-state index in [9.17, 15) is 0 Å². The largest absolute Gasteiger partial charge is 0.290 e. The van der Waals surface area contributed by atoms with Gasteiger partial charge in [-0.15, -0.1) is 10.2 Å². The minimum absolute atomic E-state index is 0.914. The van der Waals surface area contributed by atoms with Gasteiger partial charge in [0.1, 0.15) is 0 Å². The molecule has 1 aromatic heterocycles. The summed E-state index contributed by atoms with van der Waals surface area (Å²) in [4.78, 5) is 0. The van der Waals surface area contributed by atoms with E-state index < -0.39 is 0 Å². The van der Waals surface area contributed by atoms with Gasteiger partial charge in [-0.25, -0.2) is 4.68 Å². The first-order valence-electron chi connectivity index (χ1n) is 7.99. The smallest absolute Gasteiger partial charge is 0.214 e. The highest BCUT2D eigenvalue weighted by atomic mass is 32.2. The Labute approximate surface area is 136 Å². The highest BCUT2D eigenvalue weighted by Crippen LogP contribution is 2.28. The van der Waals surface area contributed by atoms with Gasteiger partial charge in [-0.1, -0.05) is 62.7 Å². The van der Waals surface area contributed by atoms with Crippen LogP contribution in [0.4, 0.5) is 0 Å². The molecule has 0 saturated heterocycles. The Balaban J connectivity index is 1.77. The van der Waals surface area contributed by atoms with Crippen LogP contribution in [0.3, 0.4) is 0 Å². The minimum atomic E-state index is 0.914. The number of hydrogen-bond acceptors (Lipinski definition) is 4. The van der Waals surface area contributed by atoms with Crippen LogP contribution in [-0.4, -0.2) is 14.9 Å². The van der Waals surface area contributed by atoms with Gasteiger partial charge in [0.25, 0.3) is 0 Å². The predicted octanol–water partition coefficient (Wildman–Crippen LogP) is 4.22. The average Bonchev–Trinajstić information content (AvgIpc) is 2.96. The zero-order valence-electron chi connectivity index (χ0n) is 13.2. The van der Waals surface area contributed by atoms with Crippen LogP contribution in [0, 0.1) is 0 Å². The van der Waals surface area contributed by atoms with Crippen molar-refractivity contribution in [3.63, 3.8) is 0 Å². The van der Waals surface area contributed by atoms with Crippen LogP contribution in [-0.2, 0) is 12.8 Å². The molecule has 0 saturated carbocycles. The summed E-state index contributed by atoms with van der Waals surface area (Å²) in [7, 11) is 0. The number of benzene rings is 1. The number of aryl methyl sites for hydroxylation is 2. The van der Waals surface area contributed by atoms with Gasteiger partial charge in [-0.3, -0.25) is 5.43 Å². The summed E-state index contributed by atoms with van der Waals surface area (Å²) in [6.07, 6.45) is 5.57. The SMILES string of the molecule is CCCCc1nnc2n1NC(c1ccc(CCC)cc1)=CS2. The number of hydrogen-bond donors (Lipinski definition) is 1. The van der Waals surface area contributed by atoms with Crippen LogP contribution in [0.25, 0.3) is 5.70 Å². The quantitative estimate of drug-likeness (QED) is 0.867. The molecule has 22 heavy (non-hydrogen) atoms. The van der Waals surface area contributed by atoms with Gasteiger partial charge in [0.15, 0.2) is 5.82 Å². The first-order valence-corrected chi connectivity index (χ1v) is 8.87. The second-order valence-corrected chi connectivity index (χ2v) is 6.38. The van der Waals surface area contributed by atoms with Crippen molar-refractivity contribution in [2.75, 3.05) is 5.43 Å². The Morgan fingerprint density at radius 3 is 2.59 bits per heavy atom. The molecule has 0 bridgehead atoms. The van der Waals surface area contributed by atoms with Crippen LogP contribution in [0.1, 0.15) is 50.1 Å². The second-order valence-electron chi connectivity index (χ2n) is 5.55. The molecule has 0 radical (unpaired) electrons. The Bertz CT molecular complexity index is 658. The molecule has 1 aliphatic rings. The number of nitrogens with one attached hydrogen (secondary N) is 1. The minimum Gasteiger partial charge on any atom is -0.290 e. The maximum absolute atomic E-state index is 4.30. The molecule has 4 nitrogen and oxygen atoms in total. The van der Waals surface area contributed by atoms with Gasteiger partial charge < -0.3 is 0 Å². The fraction of sp³-hybridized carbons (Fsp3) is 0.412. The number of rotatable bonds is 6. The van der Waals surface area contributed by atoms with Gasteiger partial charge in [0.05, 0.1) is 5.70 Å². The van der Waals surface area contributed by atoms with Crippen molar-refractivity contribution in [2.45, 2.75) is 51.1 Å². The number of nitrogens with zero attached hydrogens (tertiary/aromatic N) is 3. The molecule has 3 rings (SSSR count). The highest BCUT2D eigenvalue weighted by Gasteiger charge is 2.17. The molecule has 0 amide bonds. The van der Waals surface area contributed by atoms with Crippen molar-refractivity contribution < 1.29 is 0 Å². The molecule has 1 aliphatic heterocycles. The van der Waals surface area contributed by atoms with E-state index in [2.05, 4.69) is 59.1 Å². The van der Waals surface area contributed by atoms with E-state index in [4.69, 9.17) is 0 Å². The van der Waals surface area contributed by atoms with Crippen molar-refractivity contribution in [3.8, 4) is 0 Å². The van der Waals surface area contributed by atoms with Crippen molar-refractivity contribution in [1.29, 1.82) is 0 Å². The van der Waals surface area contributed by atoms with E-state index >= 15 is 0 Å². The van der Waals surface area contributed by atoms with Crippen molar-refractivity contribution in [3.05, 3.63) is 46.6 Å². The van der Waals surface area contributed by atoms with E-state index in [0.29, 0.717) is 0 Å². The standard InChI is InChI=1S/C17H22N4S/c1-3-5-7-16-18-19-17-21(16)20-15(12-22-17)14-10-8-13(6-4-2)9-11-14/h8-12,20H,3-7H2,1-2H3. The first-order chi connectivity index (χ1) is 10.8. The first kappa shape index (κ1) is 15.2. The zero-order chi connectivity index (χ0) is 15.4. The molecule has 5 heteroatoms. The van der Waals surface area contributed by atoms with E-state index in [1.165, 1.54) is 17.5 Å². The maximum Gasteiger partial charge on any atom is 0.214 e. The summed E-state index contributed by atoms with van der Waals surface area (Å²) < 4.78 is 2.02. The van der Waals surface area contributed by atoms with Crippen LogP contribution in [0.15, 0.2) is 34.8 Å². The molecule has 0 fully saturated rings. The van der Waals surface area contributed by atoms with Crippen LogP contribution >= 0.6 is 11.8 Å². The third-order valence-electron chi connectivity index (χ3n) is 3.77. The number of fused-ring (bicyclic) bond motifs is 1. The Morgan fingerprint density at radius 1 is 1.05 bits per heavy atom. The lowest BCUT2D eigenvalue weighted by atomic mass is 10.1. The summed E-state index contributed by atoms with van der Waals surface area (Å²) in [6.45, 7) is 4.40. The monoisotopic (exact) mass is 314 g/mol. The summed E-state index contributed by atoms with van der Waals surface area (Å²) in [5.41, 5.74) is 7.16. The molecular formula is C17H22N4S. The number of unbranched alkanes of at least 4 members (excludes halogenated alkanes) is 1. The molecule has 116 valence electrons. The lowest BCUT2D eigenvalue weighted by Gasteiger charge is -2.19. The zero-order valence-corrected chi connectivity index (χ0v) is 14.0.